The highest BCUT2D eigenvalue weighted by Gasteiger charge is 2.62. The highest BCUT2D eigenvalue weighted by Crippen LogP contribution is 2.51. The highest BCUT2D eigenvalue weighted by molar-refractivity contribution is 6.00. The number of rotatable bonds is 4. The third kappa shape index (κ3) is 4.06. The van der Waals surface area contributed by atoms with Gasteiger partial charge in [-0.15, -0.1) is 0 Å². The van der Waals surface area contributed by atoms with Gasteiger partial charge >= 0.3 is 18.3 Å². The Hall–Kier alpha value is -3.04. The van der Waals surface area contributed by atoms with Crippen molar-refractivity contribution < 1.29 is 41.0 Å². The fourth-order valence-corrected chi connectivity index (χ4v) is 3.14. The van der Waals surface area contributed by atoms with Crippen molar-refractivity contribution in [3.8, 4) is 0 Å². The average molecular weight is 417 g/mol. The topological polar surface area (TPSA) is 66.4 Å². The van der Waals surface area contributed by atoms with Gasteiger partial charge in [-0.2, -0.15) is 26.3 Å². The zero-order chi connectivity index (χ0) is 21.6. The van der Waals surface area contributed by atoms with Gasteiger partial charge in [-0.3, -0.25) is 4.79 Å². The maximum atomic E-state index is 13.0. The summed E-state index contributed by atoms with van der Waals surface area (Å²) < 4.78 is 77.8. The van der Waals surface area contributed by atoms with Gasteiger partial charge in [0.2, 0.25) is 0 Å². The van der Waals surface area contributed by atoms with Crippen LogP contribution in [0.15, 0.2) is 48.5 Å². The van der Waals surface area contributed by atoms with Crippen molar-refractivity contribution in [2.45, 2.75) is 30.2 Å². The number of hydrogen-bond donors (Lipinski definition) is 2. The first-order valence-electron chi connectivity index (χ1n) is 8.25. The van der Waals surface area contributed by atoms with Gasteiger partial charge in [0, 0.05) is 11.5 Å². The molecule has 0 heterocycles. The van der Waals surface area contributed by atoms with Crippen LogP contribution >= 0.6 is 0 Å². The Labute approximate surface area is 160 Å². The van der Waals surface area contributed by atoms with E-state index in [4.69, 9.17) is 0 Å². The summed E-state index contributed by atoms with van der Waals surface area (Å²) in [5, 5.41) is 11.6. The predicted molar refractivity (Wildman–Crippen MR) is 88.1 cm³/mol. The molecule has 154 valence electrons. The molecule has 1 aliphatic rings. The van der Waals surface area contributed by atoms with Crippen LogP contribution < -0.4 is 5.32 Å². The summed E-state index contributed by atoms with van der Waals surface area (Å²) in [6.07, 6.45) is -10.3. The van der Waals surface area contributed by atoms with Crippen LogP contribution in [0.3, 0.4) is 0 Å². The van der Waals surface area contributed by atoms with Crippen molar-refractivity contribution in [3.05, 3.63) is 70.8 Å². The summed E-state index contributed by atoms with van der Waals surface area (Å²) in [7, 11) is 0. The second-order valence-electron chi connectivity index (χ2n) is 6.69. The third-order valence-corrected chi connectivity index (χ3v) is 4.73. The molecule has 0 radical (unpaired) electrons. The Morgan fingerprint density at radius 2 is 1.45 bits per heavy atom. The minimum absolute atomic E-state index is 0.0385. The Kier molecular flexibility index (Phi) is 4.84. The molecule has 4 nitrogen and oxygen atoms in total. The van der Waals surface area contributed by atoms with Gasteiger partial charge in [0.15, 0.2) is 0 Å². The second kappa shape index (κ2) is 6.78. The number of alkyl halides is 6. The molecular formula is C19H13F6NO3. The lowest BCUT2D eigenvalue weighted by atomic mass is 10.0. The number of amides is 1. The van der Waals surface area contributed by atoms with Gasteiger partial charge in [0.05, 0.1) is 11.1 Å². The molecule has 1 fully saturated rings. The Balaban J connectivity index is 1.95. The first kappa shape index (κ1) is 20.7. The number of carboxylic acid groups (broad SMARTS) is 1. The van der Waals surface area contributed by atoms with Crippen molar-refractivity contribution in [1.29, 1.82) is 0 Å². The first-order valence-corrected chi connectivity index (χ1v) is 8.25. The molecule has 0 bridgehead atoms. The van der Waals surface area contributed by atoms with Crippen molar-refractivity contribution in [3.63, 3.8) is 0 Å². The van der Waals surface area contributed by atoms with E-state index < -0.39 is 52.4 Å². The quantitative estimate of drug-likeness (QED) is 0.722. The molecule has 2 unspecified atom stereocenters. The van der Waals surface area contributed by atoms with Crippen LogP contribution in [0, 0.1) is 0 Å². The number of carbonyl (C=O) groups excluding carboxylic acids is 1. The fraction of sp³-hybridized carbons (Fsp3) is 0.263. The number of carbonyl (C=O) groups is 2. The summed E-state index contributed by atoms with van der Waals surface area (Å²) in [6.45, 7) is 0. The van der Waals surface area contributed by atoms with Gasteiger partial charge in [0.1, 0.15) is 5.54 Å². The zero-order valence-corrected chi connectivity index (χ0v) is 14.4. The minimum atomic E-state index is -5.12. The van der Waals surface area contributed by atoms with E-state index in [-0.39, 0.29) is 24.6 Å². The lowest BCUT2D eigenvalue weighted by molar-refractivity contribution is -0.143. The molecule has 0 saturated heterocycles. The van der Waals surface area contributed by atoms with E-state index in [2.05, 4.69) is 5.32 Å². The summed E-state index contributed by atoms with van der Waals surface area (Å²) in [5.41, 5.74) is -5.46. The lowest BCUT2D eigenvalue weighted by Crippen LogP contribution is -2.44. The third-order valence-electron chi connectivity index (χ3n) is 4.73. The van der Waals surface area contributed by atoms with Crippen LogP contribution in [0.5, 0.6) is 0 Å². The van der Waals surface area contributed by atoms with Crippen molar-refractivity contribution in [2.75, 3.05) is 0 Å². The summed E-state index contributed by atoms with van der Waals surface area (Å²) in [4.78, 5) is 24.1. The average Bonchev–Trinajstić information content (AvgIpc) is 3.36. The van der Waals surface area contributed by atoms with E-state index in [1.807, 2.05) is 0 Å². The smallest absolute Gasteiger partial charge is 0.416 e. The molecule has 10 heteroatoms. The monoisotopic (exact) mass is 417 g/mol. The van der Waals surface area contributed by atoms with E-state index in [1.54, 1.807) is 30.3 Å². The van der Waals surface area contributed by atoms with E-state index >= 15 is 0 Å². The zero-order valence-electron chi connectivity index (χ0n) is 14.4. The van der Waals surface area contributed by atoms with Crippen LogP contribution in [-0.2, 0) is 17.1 Å². The number of aliphatic carboxylic acids is 1. The number of hydrogen-bond acceptors (Lipinski definition) is 2. The van der Waals surface area contributed by atoms with Crippen LogP contribution in [0.4, 0.5) is 26.3 Å². The van der Waals surface area contributed by atoms with Crippen molar-refractivity contribution in [1.82, 2.24) is 5.32 Å². The number of nitrogens with one attached hydrogen (secondary N) is 1. The van der Waals surface area contributed by atoms with Gasteiger partial charge < -0.3 is 10.4 Å². The van der Waals surface area contributed by atoms with Crippen molar-refractivity contribution in [2.24, 2.45) is 0 Å². The first-order chi connectivity index (χ1) is 13.3. The molecule has 1 amide bonds. The summed E-state index contributed by atoms with van der Waals surface area (Å²) in [6, 6.07) is 8.64. The minimum Gasteiger partial charge on any atom is -0.479 e. The molecule has 2 aromatic carbocycles. The Morgan fingerprint density at radius 1 is 0.931 bits per heavy atom. The molecular weight excluding hydrogens is 404 g/mol. The number of halogens is 6. The Bertz CT molecular complexity index is 922. The van der Waals surface area contributed by atoms with Crippen LogP contribution in [-0.4, -0.2) is 22.5 Å². The van der Waals surface area contributed by atoms with E-state index in [1.165, 1.54) is 0 Å². The second-order valence-corrected chi connectivity index (χ2v) is 6.69. The molecule has 0 aliphatic heterocycles. The molecule has 3 rings (SSSR count). The van der Waals surface area contributed by atoms with Crippen LogP contribution in [0.1, 0.15) is 39.4 Å². The molecule has 1 saturated carbocycles. The lowest BCUT2D eigenvalue weighted by Gasteiger charge is -2.17. The molecule has 2 atom stereocenters. The normalized spacial score (nSPS) is 21.5. The molecule has 29 heavy (non-hydrogen) atoms. The maximum absolute atomic E-state index is 13.0. The molecule has 1 aliphatic carbocycles. The summed E-state index contributed by atoms with van der Waals surface area (Å²) >= 11 is 0. The Morgan fingerprint density at radius 3 is 1.90 bits per heavy atom. The van der Waals surface area contributed by atoms with Gasteiger partial charge in [0.25, 0.3) is 5.91 Å². The standard InChI is InChI=1S/C19H13F6NO3/c20-18(21,22)12-6-11(7-13(8-12)19(23,24)25)15(27)26-17(16(28)29)9-14(17)10-4-2-1-3-5-10/h1-8,14H,9H2,(H,26,27)(H,28,29). The van der Waals surface area contributed by atoms with Gasteiger partial charge in [-0.1, -0.05) is 30.3 Å². The molecule has 2 N–H and O–H groups in total. The van der Waals surface area contributed by atoms with E-state index in [0.717, 1.165) is 0 Å². The molecule has 0 spiro atoms. The molecule has 2 aromatic rings. The van der Waals surface area contributed by atoms with Crippen molar-refractivity contribution >= 4 is 11.9 Å². The van der Waals surface area contributed by atoms with Crippen LogP contribution in [0.25, 0.3) is 0 Å². The largest absolute Gasteiger partial charge is 0.479 e. The molecule has 0 aromatic heterocycles. The van der Waals surface area contributed by atoms with Gasteiger partial charge in [-0.25, -0.2) is 4.79 Å². The number of carboxylic acids is 1. The summed E-state index contributed by atoms with van der Waals surface area (Å²) in [5.74, 6) is -3.41. The van der Waals surface area contributed by atoms with E-state index in [0.29, 0.717) is 5.56 Å². The fourth-order valence-electron chi connectivity index (χ4n) is 3.14. The predicted octanol–water partition coefficient (Wildman–Crippen LogP) is 4.46. The van der Waals surface area contributed by atoms with Crippen LogP contribution in [0.2, 0.25) is 0 Å². The maximum Gasteiger partial charge on any atom is 0.416 e. The SMILES string of the molecule is O=C(NC1(C(=O)O)CC1c1ccccc1)c1cc(C(F)(F)F)cc(C(F)(F)F)c1. The van der Waals surface area contributed by atoms with Gasteiger partial charge in [-0.05, 0) is 30.2 Å². The number of benzene rings is 2. The highest BCUT2D eigenvalue weighted by atomic mass is 19.4. The van der Waals surface area contributed by atoms with E-state index in [9.17, 15) is 41.0 Å².